The fourth-order valence-corrected chi connectivity index (χ4v) is 14.7. The number of para-hydroxylation sites is 5. The number of aryl methyl sites for hydroxylation is 2. The molecule has 15 rings (SSSR count). The zero-order valence-electron chi connectivity index (χ0n) is 50.1. The van der Waals surface area contributed by atoms with Crippen molar-refractivity contribution in [2.24, 2.45) is 0 Å². The minimum Gasteiger partial charge on any atom is -0.417 e. The van der Waals surface area contributed by atoms with E-state index >= 15 is 0 Å². The molecule has 0 bridgehead atoms. The lowest BCUT2D eigenvalue weighted by molar-refractivity contribution is 0.0584. The molecule has 0 fully saturated rings. The Morgan fingerprint density at radius 2 is 0.633 bits per heavy atom. The molecule has 27 nitrogen and oxygen atoms in total. The van der Waals surface area contributed by atoms with Gasteiger partial charge in [-0.05, 0) is 145 Å². The molecular formula is C65H42O27P6. The lowest BCUT2D eigenvalue weighted by Crippen LogP contribution is -2.16. The standard InChI is InChI=1S/C23H14O10P2.C22H14O9P2.C20H14O8P2/c1-13-5-4-7-17-19(13)29-35(33-23(17)27)31-21(25)15-11-9-14(10-12-15)20(24)30-34-28-18-8-3-2-6-16(18)22(26)32-34;1-13-5-4-7-17-19(13)28-32(31-22(17)25)26-15-11-9-14(10-12-15)20(23)29-33-27-18-8-3-2-6-16(18)21(24)30-33;21-19-15-7-3-4-8-17(15)25-29(27-19)23-9-10-24-30-26-18-12-14-6-2-1-5-13(14)11-16(18)20(22)28-30/h2-12H,1H3;2-12H,1H3;1-8,11-12H,9-10H2. The highest BCUT2D eigenvalue weighted by Crippen LogP contribution is 2.54. The summed E-state index contributed by atoms with van der Waals surface area (Å²) in [4.78, 5) is 110. The van der Waals surface area contributed by atoms with Crippen molar-refractivity contribution in [2.45, 2.75) is 13.8 Å². The van der Waals surface area contributed by atoms with E-state index in [9.17, 15) is 43.2 Å². The van der Waals surface area contributed by atoms with Crippen molar-refractivity contribution < 1.29 is 125 Å². The molecule has 494 valence electrons. The minimum absolute atomic E-state index is 0.0588. The Labute approximate surface area is 560 Å². The van der Waals surface area contributed by atoms with Gasteiger partial charge in [0.25, 0.3) is 0 Å². The number of hydrogen-bond acceptors (Lipinski definition) is 27. The summed E-state index contributed by atoms with van der Waals surface area (Å²) < 4.78 is 96.2. The van der Waals surface area contributed by atoms with E-state index in [0.29, 0.717) is 51.0 Å². The summed E-state index contributed by atoms with van der Waals surface area (Å²) in [5.41, 5.74) is 3.63. The molecule has 6 unspecified atom stereocenters. The maximum absolute atomic E-state index is 12.5. The highest BCUT2D eigenvalue weighted by molar-refractivity contribution is 7.45. The fraction of sp³-hybridized carbons (Fsp3) is 0.0615. The molecule has 0 radical (unpaired) electrons. The molecule has 0 spiro atoms. The molecule has 0 saturated carbocycles. The molecular weight excluding hydrogens is 1400 g/mol. The number of hydrogen-bond donors (Lipinski definition) is 0. The van der Waals surface area contributed by atoms with Crippen LogP contribution in [0.5, 0.6) is 40.2 Å². The van der Waals surface area contributed by atoms with Gasteiger partial charge in [0.2, 0.25) is 0 Å². The lowest BCUT2D eigenvalue weighted by Gasteiger charge is -2.24. The maximum atomic E-state index is 12.5. The van der Waals surface area contributed by atoms with Crippen molar-refractivity contribution >= 4 is 116 Å². The molecule has 9 aromatic rings. The van der Waals surface area contributed by atoms with E-state index in [0.717, 1.165) is 16.3 Å². The topological polar surface area (TPSA) is 320 Å². The third kappa shape index (κ3) is 15.2. The van der Waals surface area contributed by atoms with E-state index in [-0.39, 0.29) is 58.1 Å². The number of carbonyl (C=O) groups is 9. The summed E-state index contributed by atoms with van der Waals surface area (Å²) in [7, 11) is -12.6. The van der Waals surface area contributed by atoms with Crippen molar-refractivity contribution in [3.8, 4) is 40.2 Å². The lowest BCUT2D eigenvalue weighted by atomic mass is 10.1. The highest BCUT2D eigenvalue weighted by atomic mass is 31.2. The average Bonchev–Trinajstić information content (AvgIpc) is 0.823. The molecule has 98 heavy (non-hydrogen) atoms. The van der Waals surface area contributed by atoms with Gasteiger partial charge in [-0.1, -0.05) is 84.9 Å². The van der Waals surface area contributed by atoms with Gasteiger partial charge in [-0.2, -0.15) is 0 Å². The van der Waals surface area contributed by atoms with Crippen molar-refractivity contribution in [3.63, 3.8) is 0 Å². The van der Waals surface area contributed by atoms with Crippen LogP contribution in [0.3, 0.4) is 0 Å². The van der Waals surface area contributed by atoms with Crippen LogP contribution in [0, 0.1) is 13.8 Å². The molecule has 0 N–H and O–H groups in total. The second kappa shape index (κ2) is 29.5. The van der Waals surface area contributed by atoms with Crippen LogP contribution in [0.15, 0.2) is 194 Å². The van der Waals surface area contributed by atoms with Crippen LogP contribution < -0.4 is 31.7 Å². The van der Waals surface area contributed by atoms with Gasteiger partial charge >= 0.3 is 105 Å². The van der Waals surface area contributed by atoms with Gasteiger partial charge in [0, 0.05) is 0 Å². The molecule has 9 aromatic carbocycles. The van der Waals surface area contributed by atoms with Crippen LogP contribution in [-0.4, -0.2) is 66.9 Å². The normalized spacial score (nSPS) is 18.7. The molecule has 0 aromatic heterocycles. The van der Waals surface area contributed by atoms with Crippen LogP contribution in [0.25, 0.3) is 10.8 Å². The van der Waals surface area contributed by atoms with Gasteiger partial charge in [0.05, 0.1) is 29.9 Å². The SMILES string of the molecule is Cc1cccc2c1OP(OC(=O)c1ccc(C(=O)OP3OC(=O)c4ccccc4O3)cc1)OC2=O.Cc1cccc2c1OP(Oc1ccc(C(=O)OP3OC(=O)c4ccccc4O3)cc1)OC2=O.O=C1OP(OCCOP2OC(=O)c3cc4ccccc4cc3O2)Oc2ccccc21. The quantitative estimate of drug-likeness (QED) is 0.0764. The number of carbonyl (C=O) groups excluding carboxylic acids is 9. The molecule has 0 saturated heterocycles. The van der Waals surface area contributed by atoms with Gasteiger partial charge in [0.15, 0.2) is 0 Å². The Kier molecular flexibility index (Phi) is 19.9. The highest BCUT2D eigenvalue weighted by Gasteiger charge is 2.39. The van der Waals surface area contributed by atoms with E-state index in [1.165, 1.54) is 54.6 Å². The third-order valence-corrected chi connectivity index (χ3v) is 19.8. The van der Waals surface area contributed by atoms with E-state index in [2.05, 4.69) is 0 Å². The monoisotopic (exact) mass is 1440 g/mol. The summed E-state index contributed by atoms with van der Waals surface area (Å²) >= 11 is 0. The second-order valence-corrected chi connectivity index (χ2v) is 26.4. The Morgan fingerprint density at radius 1 is 0.306 bits per heavy atom. The van der Waals surface area contributed by atoms with Crippen molar-refractivity contribution in [1.82, 2.24) is 0 Å². The van der Waals surface area contributed by atoms with Crippen molar-refractivity contribution in [1.29, 1.82) is 0 Å². The zero-order valence-corrected chi connectivity index (χ0v) is 55.5. The first-order valence-electron chi connectivity index (χ1n) is 28.6. The van der Waals surface area contributed by atoms with Gasteiger partial charge < -0.3 is 72.4 Å². The van der Waals surface area contributed by atoms with Gasteiger partial charge in [0.1, 0.15) is 73.6 Å². The predicted molar refractivity (Wildman–Crippen MR) is 345 cm³/mol. The fourth-order valence-electron chi connectivity index (χ4n) is 9.07. The van der Waals surface area contributed by atoms with Gasteiger partial charge in [-0.25, -0.2) is 43.2 Å². The van der Waals surface area contributed by atoms with E-state index in [1.54, 1.807) is 116 Å². The summed E-state index contributed by atoms with van der Waals surface area (Å²) in [6.07, 6.45) is 0. The first-order valence-corrected chi connectivity index (χ1v) is 35.1. The summed E-state index contributed by atoms with van der Waals surface area (Å²) in [6.45, 7) is 3.69. The minimum atomic E-state index is -2.29. The van der Waals surface area contributed by atoms with Crippen LogP contribution in [0.1, 0.15) is 104 Å². The third-order valence-electron chi connectivity index (χ3n) is 13.8. The molecule has 6 heterocycles. The molecule has 6 aliphatic heterocycles. The predicted octanol–water partition coefficient (Wildman–Crippen LogP) is 15.9. The second-order valence-electron chi connectivity index (χ2n) is 20.2. The number of benzene rings is 9. The molecule has 0 amide bonds. The Bertz CT molecular complexity index is 4670. The molecule has 6 atom stereocenters. The van der Waals surface area contributed by atoms with Gasteiger partial charge in [-0.3, -0.25) is 9.05 Å². The van der Waals surface area contributed by atoms with E-state index in [1.807, 2.05) is 37.3 Å². The Hall–Kier alpha value is -10.4. The van der Waals surface area contributed by atoms with E-state index < -0.39 is 105 Å². The zero-order chi connectivity index (χ0) is 68.0. The summed E-state index contributed by atoms with van der Waals surface area (Å²) in [6, 6.07) is 52.3. The Balaban J connectivity index is 0.000000133. The smallest absolute Gasteiger partial charge is 0.417 e. The first-order chi connectivity index (χ1) is 47.5. The van der Waals surface area contributed by atoms with Crippen LogP contribution in [0.4, 0.5) is 0 Å². The maximum Gasteiger partial charge on any atom is 0.535 e. The largest absolute Gasteiger partial charge is 0.535 e. The van der Waals surface area contributed by atoms with E-state index in [4.69, 9.17) is 81.4 Å². The molecule has 6 aliphatic rings. The van der Waals surface area contributed by atoms with Gasteiger partial charge in [-0.15, -0.1) is 0 Å². The number of rotatable bonds is 13. The van der Waals surface area contributed by atoms with Crippen LogP contribution >= 0.6 is 51.6 Å². The number of fused-ring (bicyclic) bond motifs is 7. The first kappa shape index (κ1) is 66.2. The van der Waals surface area contributed by atoms with Crippen LogP contribution in [-0.2, 0) is 49.8 Å². The summed E-state index contributed by atoms with van der Waals surface area (Å²) in [5.74, 6) is -3.41. The van der Waals surface area contributed by atoms with Crippen molar-refractivity contribution in [3.05, 3.63) is 255 Å². The summed E-state index contributed by atoms with van der Waals surface area (Å²) in [5, 5.41) is 1.87. The van der Waals surface area contributed by atoms with Crippen LogP contribution in [0.2, 0.25) is 0 Å². The Morgan fingerprint density at radius 3 is 1.09 bits per heavy atom. The average molecular weight is 1440 g/mol. The molecule has 0 aliphatic carbocycles. The molecule has 33 heteroatoms. The van der Waals surface area contributed by atoms with Crippen molar-refractivity contribution in [2.75, 3.05) is 13.2 Å².